The number of rotatable bonds is 10. The highest BCUT2D eigenvalue weighted by atomic mass is 35.5. The minimum Gasteiger partial charge on any atom is -0.354 e. The third-order valence-corrected chi connectivity index (χ3v) is 7.02. The average molecular weight is 508 g/mol. The lowest BCUT2D eigenvalue weighted by Gasteiger charge is -2.32. The molecule has 0 aromatic heterocycles. The first-order chi connectivity index (χ1) is 15.8. The predicted molar refractivity (Wildman–Crippen MR) is 137 cm³/mol. The van der Waals surface area contributed by atoms with Crippen molar-refractivity contribution in [3.63, 3.8) is 0 Å². The number of carbonyl (C=O) groups excluding carboxylic acids is 2. The lowest BCUT2D eigenvalue weighted by atomic mass is 10.1. The van der Waals surface area contributed by atoms with Gasteiger partial charge in [-0.2, -0.15) is 0 Å². The molecule has 34 heavy (non-hydrogen) atoms. The summed E-state index contributed by atoms with van der Waals surface area (Å²) in [6.45, 7) is 9.51. The van der Waals surface area contributed by atoms with Gasteiger partial charge >= 0.3 is 0 Å². The van der Waals surface area contributed by atoms with Gasteiger partial charge in [0, 0.05) is 18.1 Å². The number of nitrogens with one attached hydrogen (secondary N) is 1. The van der Waals surface area contributed by atoms with E-state index >= 15 is 0 Å². The molecule has 0 fully saturated rings. The van der Waals surface area contributed by atoms with Crippen LogP contribution in [0.2, 0.25) is 5.02 Å². The van der Waals surface area contributed by atoms with Gasteiger partial charge in [0.25, 0.3) is 0 Å². The summed E-state index contributed by atoms with van der Waals surface area (Å²) in [6.07, 6.45) is 1.07. The Labute approximate surface area is 208 Å². The van der Waals surface area contributed by atoms with Crippen LogP contribution in [0.15, 0.2) is 42.5 Å². The molecule has 186 valence electrons. The number of carbonyl (C=O) groups is 2. The summed E-state index contributed by atoms with van der Waals surface area (Å²) in [6, 6.07) is 11.5. The van der Waals surface area contributed by atoms with Crippen LogP contribution in [0.3, 0.4) is 0 Å². The van der Waals surface area contributed by atoms with Crippen molar-refractivity contribution in [1.29, 1.82) is 0 Å². The van der Waals surface area contributed by atoms with Crippen LogP contribution in [0.4, 0.5) is 5.69 Å². The maximum absolute atomic E-state index is 13.5. The first-order valence-electron chi connectivity index (χ1n) is 11.2. The Balaban J connectivity index is 2.40. The van der Waals surface area contributed by atoms with Crippen molar-refractivity contribution in [1.82, 2.24) is 10.2 Å². The summed E-state index contributed by atoms with van der Waals surface area (Å²) in [7, 11) is -3.76. The van der Waals surface area contributed by atoms with Gasteiger partial charge in [-0.1, -0.05) is 49.7 Å². The molecule has 9 heteroatoms. The first kappa shape index (κ1) is 27.7. The van der Waals surface area contributed by atoms with Crippen molar-refractivity contribution in [2.24, 2.45) is 5.92 Å². The zero-order valence-electron chi connectivity index (χ0n) is 20.6. The fraction of sp³-hybridized carbons (Fsp3) is 0.440. The molecule has 0 aliphatic heterocycles. The molecular formula is C25H34ClN3O4S. The highest BCUT2D eigenvalue weighted by Crippen LogP contribution is 2.25. The highest BCUT2D eigenvalue weighted by molar-refractivity contribution is 7.92. The molecular weight excluding hydrogens is 474 g/mol. The fourth-order valence-corrected chi connectivity index (χ4v) is 4.45. The second kappa shape index (κ2) is 11.7. The van der Waals surface area contributed by atoms with E-state index in [1.54, 1.807) is 43.3 Å². The molecule has 0 saturated carbocycles. The molecule has 0 saturated heterocycles. The topological polar surface area (TPSA) is 86.8 Å². The Kier molecular flexibility index (Phi) is 9.53. The van der Waals surface area contributed by atoms with E-state index in [0.29, 0.717) is 17.3 Å². The van der Waals surface area contributed by atoms with Crippen LogP contribution >= 0.6 is 11.6 Å². The van der Waals surface area contributed by atoms with Crippen molar-refractivity contribution in [2.45, 2.75) is 47.2 Å². The van der Waals surface area contributed by atoms with Crippen molar-refractivity contribution in [3.05, 3.63) is 64.2 Å². The van der Waals surface area contributed by atoms with Gasteiger partial charge in [-0.25, -0.2) is 8.42 Å². The maximum atomic E-state index is 13.5. The minimum absolute atomic E-state index is 0.136. The largest absolute Gasteiger partial charge is 0.354 e. The third-order valence-electron chi connectivity index (χ3n) is 5.64. The van der Waals surface area contributed by atoms with Crippen LogP contribution < -0.4 is 9.62 Å². The van der Waals surface area contributed by atoms with E-state index in [-0.39, 0.29) is 18.4 Å². The van der Waals surface area contributed by atoms with Gasteiger partial charge in [0.15, 0.2) is 0 Å². The SMILES string of the molecule is Cc1cccc(N(CC(=O)N(Cc2ccc(Cl)cc2)[C@@H](C)C(=O)NCC(C)C)S(C)(=O)=O)c1C. The number of hydrogen-bond donors (Lipinski definition) is 1. The maximum Gasteiger partial charge on any atom is 0.244 e. The third kappa shape index (κ3) is 7.46. The number of amides is 2. The van der Waals surface area contributed by atoms with E-state index in [1.165, 1.54) is 4.90 Å². The van der Waals surface area contributed by atoms with Gasteiger partial charge < -0.3 is 10.2 Å². The van der Waals surface area contributed by atoms with Crippen LogP contribution in [0.5, 0.6) is 0 Å². The van der Waals surface area contributed by atoms with Gasteiger partial charge in [0.2, 0.25) is 21.8 Å². The smallest absolute Gasteiger partial charge is 0.244 e. The standard InChI is InChI=1S/C25H34ClN3O4S/c1-17(2)14-27-25(31)20(5)28(15-21-10-12-22(26)13-11-21)24(30)16-29(34(6,32)33)23-9-7-8-18(3)19(23)4/h7-13,17,20H,14-16H2,1-6H3,(H,27,31)/t20-/m0/s1. The van der Waals surface area contributed by atoms with Crippen LogP contribution in [0.1, 0.15) is 37.5 Å². The number of aryl methyl sites for hydroxylation is 1. The van der Waals surface area contributed by atoms with E-state index in [0.717, 1.165) is 27.3 Å². The number of sulfonamides is 1. The Morgan fingerprint density at radius 3 is 2.21 bits per heavy atom. The van der Waals surface area contributed by atoms with Gasteiger partial charge in [-0.3, -0.25) is 13.9 Å². The normalized spacial score (nSPS) is 12.4. The molecule has 1 atom stereocenters. The van der Waals surface area contributed by atoms with Gasteiger partial charge in [0.05, 0.1) is 11.9 Å². The molecule has 0 spiro atoms. The Morgan fingerprint density at radius 2 is 1.65 bits per heavy atom. The second-order valence-corrected chi connectivity index (χ2v) is 11.3. The molecule has 2 aromatic rings. The molecule has 0 aliphatic carbocycles. The van der Waals surface area contributed by atoms with Gasteiger partial charge in [-0.15, -0.1) is 0 Å². The Hall–Kier alpha value is -2.58. The number of nitrogens with zero attached hydrogens (tertiary/aromatic N) is 2. The van der Waals surface area contributed by atoms with Crippen molar-refractivity contribution < 1.29 is 18.0 Å². The van der Waals surface area contributed by atoms with Crippen LogP contribution in [0, 0.1) is 19.8 Å². The molecule has 0 radical (unpaired) electrons. The van der Waals surface area contributed by atoms with Gasteiger partial charge in [0.1, 0.15) is 12.6 Å². The first-order valence-corrected chi connectivity index (χ1v) is 13.4. The molecule has 0 bridgehead atoms. The minimum atomic E-state index is -3.76. The van der Waals surface area contributed by atoms with E-state index in [1.807, 2.05) is 33.8 Å². The number of halogens is 1. The highest BCUT2D eigenvalue weighted by Gasteiger charge is 2.30. The van der Waals surface area contributed by atoms with Crippen molar-refractivity contribution in [3.8, 4) is 0 Å². The van der Waals surface area contributed by atoms with E-state index < -0.39 is 28.5 Å². The molecule has 2 aromatic carbocycles. The van der Waals surface area contributed by atoms with Crippen LogP contribution in [-0.4, -0.2) is 50.5 Å². The zero-order chi connectivity index (χ0) is 25.6. The summed E-state index contributed by atoms with van der Waals surface area (Å²) >= 11 is 5.99. The average Bonchev–Trinajstić information content (AvgIpc) is 2.76. The zero-order valence-corrected chi connectivity index (χ0v) is 22.2. The molecule has 0 unspecified atom stereocenters. The quantitative estimate of drug-likeness (QED) is 0.528. The van der Waals surface area contributed by atoms with E-state index in [4.69, 9.17) is 11.6 Å². The Bertz CT molecular complexity index is 1120. The van der Waals surface area contributed by atoms with Crippen molar-refractivity contribution in [2.75, 3.05) is 23.7 Å². The summed E-state index contributed by atoms with van der Waals surface area (Å²) in [5.41, 5.74) is 2.91. The number of anilines is 1. The van der Waals surface area contributed by atoms with Crippen LogP contribution in [0.25, 0.3) is 0 Å². The lowest BCUT2D eigenvalue weighted by molar-refractivity contribution is -0.139. The molecule has 1 N–H and O–H groups in total. The molecule has 7 nitrogen and oxygen atoms in total. The lowest BCUT2D eigenvalue weighted by Crippen LogP contribution is -2.51. The van der Waals surface area contributed by atoms with Gasteiger partial charge in [-0.05, 0) is 61.6 Å². The number of benzene rings is 2. The second-order valence-electron chi connectivity index (χ2n) is 8.95. The molecule has 0 heterocycles. The molecule has 0 aliphatic rings. The summed E-state index contributed by atoms with van der Waals surface area (Å²) in [5.74, 6) is -0.524. The predicted octanol–water partition coefficient (Wildman–Crippen LogP) is 3.91. The number of hydrogen-bond acceptors (Lipinski definition) is 4. The summed E-state index contributed by atoms with van der Waals surface area (Å²) in [5, 5.41) is 3.42. The van der Waals surface area contributed by atoms with Crippen molar-refractivity contribution >= 4 is 39.1 Å². The molecule has 2 amide bonds. The summed E-state index contributed by atoms with van der Waals surface area (Å²) in [4.78, 5) is 27.8. The van der Waals surface area contributed by atoms with E-state index in [9.17, 15) is 18.0 Å². The Morgan fingerprint density at radius 1 is 1.03 bits per heavy atom. The molecule has 2 rings (SSSR count). The monoisotopic (exact) mass is 507 g/mol. The van der Waals surface area contributed by atoms with Crippen LogP contribution in [-0.2, 0) is 26.2 Å². The fourth-order valence-electron chi connectivity index (χ4n) is 3.42. The summed E-state index contributed by atoms with van der Waals surface area (Å²) < 4.78 is 26.5. The van der Waals surface area contributed by atoms with E-state index in [2.05, 4.69) is 5.32 Å².